The van der Waals surface area contributed by atoms with Crippen LogP contribution >= 0.6 is 0 Å². The van der Waals surface area contributed by atoms with Crippen molar-refractivity contribution in [2.45, 2.75) is 103 Å². The van der Waals surface area contributed by atoms with Crippen molar-refractivity contribution in [2.75, 3.05) is 6.54 Å². The summed E-state index contributed by atoms with van der Waals surface area (Å²) in [7, 11) is 0. The second-order valence-corrected chi connectivity index (χ2v) is 12.6. The number of nitrogens with one attached hydrogen (secondary N) is 1. The summed E-state index contributed by atoms with van der Waals surface area (Å²) in [5.74, 6) is 6.67. The normalized spacial score (nSPS) is 61.7. The molecule has 2 N–H and O–H groups in total. The van der Waals surface area contributed by atoms with Crippen molar-refractivity contribution in [3.05, 3.63) is 0 Å². The van der Waals surface area contributed by atoms with Gasteiger partial charge in [0.05, 0.1) is 12.2 Å². The van der Waals surface area contributed by atoms with Gasteiger partial charge in [-0.15, -0.1) is 0 Å². The second-order valence-electron chi connectivity index (χ2n) is 12.6. The summed E-state index contributed by atoms with van der Waals surface area (Å²) in [6.45, 7) is 8.69. The molecule has 4 aliphatic carbocycles. The first-order valence-corrected chi connectivity index (χ1v) is 13.0. The van der Waals surface area contributed by atoms with E-state index in [9.17, 15) is 5.11 Å². The lowest BCUT2D eigenvalue weighted by molar-refractivity contribution is -0.119. The Morgan fingerprint density at radius 1 is 0.897 bits per heavy atom. The molecule has 2 heterocycles. The lowest BCUT2D eigenvalue weighted by atomic mass is 9.49. The van der Waals surface area contributed by atoms with Crippen LogP contribution in [0.4, 0.5) is 0 Å². The molecule has 2 saturated heterocycles. The number of ether oxygens (including phenoxy) is 1. The molecule has 0 aromatic heterocycles. The Hall–Kier alpha value is -0.120. The number of hydrogen-bond acceptors (Lipinski definition) is 3. The molecule has 2 aliphatic heterocycles. The fourth-order valence-electron chi connectivity index (χ4n) is 10.0. The lowest BCUT2D eigenvalue weighted by Crippen LogP contribution is -2.56. The van der Waals surface area contributed by atoms with Gasteiger partial charge in [-0.3, -0.25) is 5.32 Å². The van der Waals surface area contributed by atoms with Crippen molar-refractivity contribution in [3.8, 4) is 0 Å². The highest BCUT2D eigenvalue weighted by Crippen LogP contribution is 2.69. The highest BCUT2D eigenvalue weighted by molar-refractivity contribution is 5.15. The molecule has 3 heteroatoms. The molecule has 164 valence electrons. The summed E-state index contributed by atoms with van der Waals surface area (Å²) < 4.78 is 6.99. The Kier molecular flexibility index (Phi) is 4.51. The fourth-order valence-corrected chi connectivity index (χ4v) is 10.0. The van der Waals surface area contributed by atoms with Crippen molar-refractivity contribution in [1.29, 1.82) is 0 Å². The standard InChI is InChI=1S/C26H43NO2/c1-15-8-11-26(27-14-15)16(2)24-23(29-26)13-22-21-6-4-17-12-18(28)5-7-19(17)20(21)9-10-25(22,24)3/h15-24,27-28H,4-14H2,1-3H3/t15-,16-,17-,18-,19-,20+,21+,22-,23-,24-,25-,26-/m0/s1. The lowest BCUT2D eigenvalue weighted by Gasteiger charge is -2.57. The average molecular weight is 402 g/mol. The van der Waals surface area contributed by atoms with Crippen molar-refractivity contribution >= 4 is 0 Å². The van der Waals surface area contributed by atoms with E-state index < -0.39 is 0 Å². The molecular weight excluding hydrogens is 358 g/mol. The average Bonchev–Trinajstić information content (AvgIpc) is 3.15. The van der Waals surface area contributed by atoms with Crippen LogP contribution in [0.25, 0.3) is 0 Å². The molecule has 0 bridgehead atoms. The molecule has 6 aliphatic rings. The van der Waals surface area contributed by atoms with Gasteiger partial charge in [0.2, 0.25) is 0 Å². The fraction of sp³-hybridized carbons (Fsp3) is 1.00. The van der Waals surface area contributed by atoms with Crippen LogP contribution in [0.2, 0.25) is 0 Å². The molecule has 29 heavy (non-hydrogen) atoms. The summed E-state index contributed by atoms with van der Waals surface area (Å²) in [6, 6.07) is 0. The zero-order valence-electron chi connectivity index (χ0n) is 18.9. The Balaban J connectivity index is 1.24. The number of hydrogen-bond donors (Lipinski definition) is 2. The Bertz CT molecular complexity index is 643. The van der Waals surface area contributed by atoms with Crippen LogP contribution in [0.1, 0.15) is 85.0 Å². The van der Waals surface area contributed by atoms with E-state index in [2.05, 4.69) is 26.1 Å². The van der Waals surface area contributed by atoms with E-state index in [1.807, 2.05) is 0 Å². The quantitative estimate of drug-likeness (QED) is 0.602. The molecule has 0 aromatic carbocycles. The second kappa shape index (κ2) is 6.69. The van der Waals surface area contributed by atoms with Gasteiger partial charge >= 0.3 is 0 Å². The monoisotopic (exact) mass is 401 g/mol. The molecule has 0 unspecified atom stereocenters. The Morgan fingerprint density at radius 2 is 1.72 bits per heavy atom. The van der Waals surface area contributed by atoms with E-state index in [1.54, 1.807) is 0 Å². The SMILES string of the molecule is C[C@H]1CC[C@]2(NC1)O[C@H]1C[C@H]3[C@@H]4CC[C@H]5C[C@@H](O)CC[C@@H]5[C@H]4CC[C@]3(C)[C@H]1[C@@H]2C. The van der Waals surface area contributed by atoms with E-state index >= 15 is 0 Å². The van der Waals surface area contributed by atoms with Gasteiger partial charge in [-0.05, 0) is 111 Å². The van der Waals surface area contributed by atoms with Gasteiger partial charge in [0, 0.05) is 12.5 Å². The summed E-state index contributed by atoms with van der Waals surface area (Å²) >= 11 is 0. The van der Waals surface area contributed by atoms with Gasteiger partial charge in [-0.25, -0.2) is 0 Å². The van der Waals surface area contributed by atoms with Gasteiger partial charge < -0.3 is 9.84 Å². The van der Waals surface area contributed by atoms with Crippen LogP contribution in [0.15, 0.2) is 0 Å². The maximum Gasteiger partial charge on any atom is 0.122 e. The first-order valence-electron chi connectivity index (χ1n) is 13.0. The van der Waals surface area contributed by atoms with Crippen molar-refractivity contribution < 1.29 is 9.84 Å². The molecule has 6 rings (SSSR count). The molecule has 0 radical (unpaired) electrons. The summed E-state index contributed by atoms with van der Waals surface area (Å²) in [5.41, 5.74) is 0.463. The zero-order chi connectivity index (χ0) is 20.0. The first kappa shape index (κ1) is 19.6. The Morgan fingerprint density at radius 3 is 2.52 bits per heavy atom. The minimum Gasteiger partial charge on any atom is -0.393 e. The molecule has 0 amide bonds. The zero-order valence-corrected chi connectivity index (χ0v) is 18.9. The van der Waals surface area contributed by atoms with Crippen LogP contribution in [-0.2, 0) is 4.74 Å². The summed E-state index contributed by atoms with van der Waals surface area (Å²) in [6.07, 6.45) is 13.4. The highest BCUT2D eigenvalue weighted by Gasteiger charge is 2.67. The maximum absolute atomic E-state index is 10.2. The number of piperidine rings is 1. The van der Waals surface area contributed by atoms with Gasteiger partial charge in [-0.1, -0.05) is 20.8 Å². The van der Waals surface area contributed by atoms with Crippen molar-refractivity contribution in [3.63, 3.8) is 0 Å². The molecule has 0 aromatic rings. The van der Waals surface area contributed by atoms with Crippen molar-refractivity contribution in [2.24, 2.45) is 52.8 Å². The van der Waals surface area contributed by atoms with E-state index in [0.717, 1.165) is 60.8 Å². The third-order valence-corrected chi connectivity index (χ3v) is 11.4. The van der Waals surface area contributed by atoms with Crippen LogP contribution in [-0.4, -0.2) is 29.6 Å². The van der Waals surface area contributed by atoms with E-state index in [1.165, 1.54) is 51.4 Å². The van der Waals surface area contributed by atoms with Crippen LogP contribution in [0.5, 0.6) is 0 Å². The van der Waals surface area contributed by atoms with E-state index in [-0.39, 0.29) is 11.8 Å². The summed E-state index contributed by atoms with van der Waals surface area (Å²) in [5, 5.41) is 14.1. The van der Waals surface area contributed by atoms with Crippen molar-refractivity contribution in [1.82, 2.24) is 5.32 Å². The van der Waals surface area contributed by atoms with E-state index in [4.69, 9.17) is 4.74 Å². The Labute approximate surface area is 177 Å². The number of aliphatic hydroxyl groups excluding tert-OH is 1. The highest BCUT2D eigenvalue weighted by atomic mass is 16.5. The van der Waals surface area contributed by atoms with Crippen LogP contribution in [0.3, 0.4) is 0 Å². The smallest absolute Gasteiger partial charge is 0.122 e. The van der Waals surface area contributed by atoms with Gasteiger partial charge in [0.1, 0.15) is 5.72 Å². The molecule has 4 saturated carbocycles. The number of rotatable bonds is 0. The number of aliphatic hydroxyl groups is 1. The van der Waals surface area contributed by atoms with Crippen LogP contribution in [0, 0.1) is 52.8 Å². The number of fused-ring (bicyclic) bond motifs is 7. The minimum atomic E-state index is -0.0240. The maximum atomic E-state index is 10.2. The van der Waals surface area contributed by atoms with Gasteiger partial charge in [0.25, 0.3) is 0 Å². The topological polar surface area (TPSA) is 41.5 Å². The first-order chi connectivity index (χ1) is 13.9. The minimum absolute atomic E-state index is 0.0105. The third kappa shape index (κ3) is 2.72. The third-order valence-electron chi connectivity index (χ3n) is 11.4. The van der Waals surface area contributed by atoms with Crippen LogP contribution < -0.4 is 5.32 Å². The molecule has 12 atom stereocenters. The molecular formula is C26H43NO2. The predicted molar refractivity (Wildman–Crippen MR) is 115 cm³/mol. The largest absolute Gasteiger partial charge is 0.393 e. The van der Waals surface area contributed by atoms with E-state index in [0.29, 0.717) is 17.4 Å². The van der Waals surface area contributed by atoms with Gasteiger partial charge in [-0.2, -0.15) is 0 Å². The molecule has 1 spiro atoms. The summed E-state index contributed by atoms with van der Waals surface area (Å²) in [4.78, 5) is 0. The van der Waals surface area contributed by atoms with Gasteiger partial charge in [0.15, 0.2) is 0 Å². The molecule has 3 nitrogen and oxygen atoms in total. The predicted octanol–water partition coefficient (Wildman–Crippen LogP) is 4.98. The molecule has 6 fully saturated rings.